The molecule has 2 aromatic carbocycles. The summed E-state index contributed by atoms with van der Waals surface area (Å²) in [5, 5.41) is 5.99. The molecule has 0 saturated heterocycles. The zero-order valence-corrected chi connectivity index (χ0v) is 18.5. The van der Waals surface area contributed by atoms with Gasteiger partial charge in [-0.05, 0) is 37.1 Å². The van der Waals surface area contributed by atoms with Crippen molar-refractivity contribution in [1.29, 1.82) is 0 Å². The highest BCUT2D eigenvalue weighted by molar-refractivity contribution is 5.79. The third kappa shape index (κ3) is 6.54. The third-order valence-electron chi connectivity index (χ3n) is 5.31. The number of methoxy groups -OCH3 is 2. The Morgan fingerprint density at radius 2 is 1.09 bits per heavy atom. The number of benzene rings is 2. The first-order chi connectivity index (χ1) is 15.6. The number of carbonyl (C=O) groups excluding carboxylic acids is 2. The van der Waals surface area contributed by atoms with Crippen LogP contribution >= 0.6 is 0 Å². The summed E-state index contributed by atoms with van der Waals surface area (Å²) in [4.78, 5) is 24.9. The second-order valence-corrected chi connectivity index (χ2v) is 7.51. The van der Waals surface area contributed by atoms with Gasteiger partial charge in [0.2, 0.25) is 0 Å². The number of hydrogen-bond donors (Lipinski definition) is 2. The molecule has 0 heterocycles. The van der Waals surface area contributed by atoms with Crippen molar-refractivity contribution in [2.45, 2.75) is 37.8 Å². The average molecular weight is 443 g/mol. The van der Waals surface area contributed by atoms with E-state index in [4.69, 9.17) is 18.9 Å². The molecule has 2 amide bonds. The van der Waals surface area contributed by atoms with Gasteiger partial charge >= 0.3 is 0 Å². The molecule has 8 heteroatoms. The normalized spacial score (nSPS) is 17.7. The molecule has 3 rings (SSSR count). The molecule has 0 spiro atoms. The number of para-hydroxylation sites is 4. The van der Waals surface area contributed by atoms with Crippen LogP contribution in [0.15, 0.2) is 48.5 Å². The Morgan fingerprint density at radius 3 is 1.47 bits per heavy atom. The van der Waals surface area contributed by atoms with Crippen molar-refractivity contribution in [3.63, 3.8) is 0 Å². The largest absolute Gasteiger partial charge is 0.493 e. The standard InChI is InChI=1S/C24H30N2O6/c1-29-19-11-5-7-13-21(19)31-15-23(27)25-17-9-3-4-10-18(17)26-24(28)16-32-22-14-8-6-12-20(22)30-2/h5-8,11-14,17-18H,3-4,9-10,15-16H2,1-2H3,(H,25,27)(H,26,28)/t17-,18-/m0/s1. The molecule has 0 aromatic heterocycles. The van der Waals surface area contributed by atoms with Crippen LogP contribution < -0.4 is 29.6 Å². The topological polar surface area (TPSA) is 95.1 Å². The van der Waals surface area contributed by atoms with Crippen LogP contribution in [-0.4, -0.2) is 51.3 Å². The van der Waals surface area contributed by atoms with Crippen molar-refractivity contribution in [2.75, 3.05) is 27.4 Å². The van der Waals surface area contributed by atoms with Gasteiger partial charge in [0.25, 0.3) is 11.8 Å². The summed E-state index contributed by atoms with van der Waals surface area (Å²) >= 11 is 0. The average Bonchev–Trinajstić information content (AvgIpc) is 2.83. The first-order valence-corrected chi connectivity index (χ1v) is 10.7. The van der Waals surface area contributed by atoms with E-state index >= 15 is 0 Å². The van der Waals surface area contributed by atoms with Crippen LogP contribution in [-0.2, 0) is 9.59 Å². The molecule has 2 atom stereocenters. The summed E-state index contributed by atoms with van der Waals surface area (Å²) < 4.78 is 21.7. The van der Waals surface area contributed by atoms with E-state index in [9.17, 15) is 9.59 Å². The van der Waals surface area contributed by atoms with Crippen molar-refractivity contribution in [3.05, 3.63) is 48.5 Å². The van der Waals surface area contributed by atoms with E-state index in [0.717, 1.165) is 25.7 Å². The summed E-state index contributed by atoms with van der Waals surface area (Å²) in [6, 6.07) is 14.0. The fourth-order valence-corrected chi connectivity index (χ4v) is 3.74. The molecular formula is C24H30N2O6. The second kappa shape index (κ2) is 11.8. The lowest BCUT2D eigenvalue weighted by molar-refractivity contribution is -0.127. The van der Waals surface area contributed by atoms with Crippen LogP contribution in [0.4, 0.5) is 0 Å². The fourth-order valence-electron chi connectivity index (χ4n) is 3.74. The summed E-state index contributed by atoms with van der Waals surface area (Å²) in [6.45, 7) is -0.261. The molecule has 0 aliphatic heterocycles. The highest BCUT2D eigenvalue weighted by Crippen LogP contribution is 2.26. The predicted octanol–water partition coefficient (Wildman–Crippen LogP) is 2.71. The van der Waals surface area contributed by atoms with Crippen molar-refractivity contribution in [2.24, 2.45) is 0 Å². The Kier molecular flexibility index (Phi) is 8.60. The van der Waals surface area contributed by atoms with Gasteiger partial charge in [-0.3, -0.25) is 9.59 Å². The SMILES string of the molecule is COc1ccccc1OCC(=O)N[C@H]1CCCC[C@@H]1NC(=O)COc1ccccc1OC. The molecule has 1 aliphatic rings. The van der Waals surface area contributed by atoms with E-state index in [1.807, 2.05) is 24.3 Å². The molecule has 1 saturated carbocycles. The smallest absolute Gasteiger partial charge is 0.258 e. The van der Waals surface area contributed by atoms with E-state index in [1.54, 1.807) is 38.5 Å². The van der Waals surface area contributed by atoms with E-state index in [1.165, 1.54) is 0 Å². The lowest BCUT2D eigenvalue weighted by Crippen LogP contribution is -2.54. The number of hydrogen-bond acceptors (Lipinski definition) is 6. The van der Waals surface area contributed by atoms with Gasteiger partial charge in [0.15, 0.2) is 36.2 Å². The molecule has 2 N–H and O–H groups in total. The number of ether oxygens (including phenoxy) is 4. The Balaban J connectivity index is 1.49. The maximum absolute atomic E-state index is 12.5. The maximum atomic E-state index is 12.5. The summed E-state index contributed by atoms with van der Waals surface area (Å²) in [5.41, 5.74) is 0. The first kappa shape index (κ1) is 23.2. The maximum Gasteiger partial charge on any atom is 0.258 e. The molecule has 0 unspecified atom stereocenters. The second-order valence-electron chi connectivity index (χ2n) is 7.51. The molecule has 0 bridgehead atoms. The highest BCUT2D eigenvalue weighted by Gasteiger charge is 2.28. The van der Waals surface area contributed by atoms with Gasteiger partial charge in [0.1, 0.15) is 0 Å². The van der Waals surface area contributed by atoms with Gasteiger partial charge in [0, 0.05) is 12.1 Å². The number of amides is 2. The van der Waals surface area contributed by atoms with Crippen LogP contribution in [0, 0.1) is 0 Å². The minimum absolute atomic E-state index is 0.131. The number of nitrogens with one attached hydrogen (secondary N) is 2. The van der Waals surface area contributed by atoms with E-state index in [-0.39, 0.29) is 37.1 Å². The van der Waals surface area contributed by atoms with Crippen LogP contribution in [0.1, 0.15) is 25.7 Å². The van der Waals surface area contributed by atoms with E-state index in [0.29, 0.717) is 23.0 Å². The van der Waals surface area contributed by atoms with Gasteiger partial charge in [-0.15, -0.1) is 0 Å². The molecule has 172 valence electrons. The minimum atomic E-state index is -0.243. The van der Waals surface area contributed by atoms with Crippen LogP contribution in [0.3, 0.4) is 0 Å². The van der Waals surface area contributed by atoms with Crippen molar-refractivity contribution >= 4 is 11.8 Å². The molecule has 1 fully saturated rings. The fraction of sp³-hybridized carbons (Fsp3) is 0.417. The highest BCUT2D eigenvalue weighted by atomic mass is 16.5. The van der Waals surface area contributed by atoms with Gasteiger partial charge < -0.3 is 29.6 Å². The third-order valence-corrected chi connectivity index (χ3v) is 5.31. The van der Waals surface area contributed by atoms with Gasteiger partial charge in [-0.1, -0.05) is 37.1 Å². The number of carbonyl (C=O) groups is 2. The molecule has 0 radical (unpaired) electrons. The van der Waals surface area contributed by atoms with Crippen LogP contribution in [0.5, 0.6) is 23.0 Å². The summed E-state index contributed by atoms with van der Waals surface area (Å²) in [6.07, 6.45) is 3.56. The van der Waals surface area contributed by atoms with E-state index < -0.39 is 0 Å². The van der Waals surface area contributed by atoms with Crippen molar-refractivity contribution in [3.8, 4) is 23.0 Å². The quantitative estimate of drug-likeness (QED) is 0.588. The minimum Gasteiger partial charge on any atom is -0.493 e. The summed E-state index contributed by atoms with van der Waals surface area (Å²) in [5.74, 6) is 1.66. The van der Waals surface area contributed by atoms with Gasteiger partial charge in [-0.25, -0.2) is 0 Å². The molecule has 1 aliphatic carbocycles. The Labute approximate surface area is 188 Å². The molecule has 2 aromatic rings. The van der Waals surface area contributed by atoms with Crippen molar-refractivity contribution < 1.29 is 28.5 Å². The molecular weight excluding hydrogens is 412 g/mol. The Morgan fingerprint density at radius 1 is 0.719 bits per heavy atom. The lowest BCUT2D eigenvalue weighted by Gasteiger charge is -2.32. The monoisotopic (exact) mass is 442 g/mol. The molecule has 32 heavy (non-hydrogen) atoms. The Bertz CT molecular complexity index is 830. The van der Waals surface area contributed by atoms with Crippen molar-refractivity contribution in [1.82, 2.24) is 10.6 Å². The van der Waals surface area contributed by atoms with Gasteiger partial charge in [0.05, 0.1) is 14.2 Å². The zero-order chi connectivity index (χ0) is 22.8. The van der Waals surface area contributed by atoms with Gasteiger partial charge in [-0.2, -0.15) is 0 Å². The number of rotatable bonds is 10. The van der Waals surface area contributed by atoms with Crippen LogP contribution in [0.2, 0.25) is 0 Å². The molecule has 8 nitrogen and oxygen atoms in total. The summed E-state index contributed by atoms with van der Waals surface area (Å²) in [7, 11) is 3.10. The lowest BCUT2D eigenvalue weighted by atomic mass is 9.90. The first-order valence-electron chi connectivity index (χ1n) is 10.7. The predicted molar refractivity (Wildman–Crippen MR) is 119 cm³/mol. The zero-order valence-electron chi connectivity index (χ0n) is 18.5. The Hall–Kier alpha value is -3.42. The van der Waals surface area contributed by atoms with Crippen LogP contribution in [0.25, 0.3) is 0 Å². The van der Waals surface area contributed by atoms with E-state index in [2.05, 4.69) is 10.6 Å².